The predicted octanol–water partition coefficient (Wildman–Crippen LogP) is 3.82. The number of nitrogens with zero attached hydrogens (tertiary/aromatic N) is 3. The Balaban J connectivity index is 2.20. The van der Waals surface area contributed by atoms with Crippen molar-refractivity contribution in [3.8, 4) is 11.8 Å². The molecule has 5 nitrogen and oxygen atoms in total. The van der Waals surface area contributed by atoms with Crippen LogP contribution in [-0.2, 0) is 0 Å². The van der Waals surface area contributed by atoms with Crippen molar-refractivity contribution < 1.29 is 4.74 Å². The van der Waals surface area contributed by atoms with Crippen LogP contribution in [0, 0.1) is 11.3 Å². The molecule has 0 aliphatic heterocycles. The average Bonchev–Trinajstić information content (AvgIpc) is 2.45. The molecule has 1 aromatic carbocycles. The third-order valence-corrected chi connectivity index (χ3v) is 2.78. The monoisotopic (exact) mass is 308 g/mol. The van der Waals surface area contributed by atoms with Gasteiger partial charge in [-0.1, -0.05) is 23.7 Å². The number of nitrogens with one attached hydrogen (secondary N) is 1. The van der Waals surface area contributed by atoms with E-state index in [0.717, 1.165) is 0 Å². The molecule has 2 aromatic rings. The van der Waals surface area contributed by atoms with Crippen molar-refractivity contribution in [2.75, 3.05) is 11.9 Å². The summed E-state index contributed by atoms with van der Waals surface area (Å²) in [6.45, 7) is 0.313. The number of anilines is 2. The summed E-state index contributed by atoms with van der Waals surface area (Å²) in [6.07, 6.45) is 1.73. The van der Waals surface area contributed by atoms with E-state index in [2.05, 4.69) is 15.3 Å². The summed E-state index contributed by atoms with van der Waals surface area (Å²) in [5.74, 6) is 0.997. The van der Waals surface area contributed by atoms with Crippen molar-refractivity contribution in [3.63, 3.8) is 0 Å². The normalized spacial score (nSPS) is 9.85. The minimum Gasteiger partial charge on any atom is -0.490 e. The molecule has 0 bridgehead atoms. The van der Waals surface area contributed by atoms with Gasteiger partial charge in [0.05, 0.1) is 24.4 Å². The fraction of sp³-hybridized carbons (Fsp3) is 0.154. The summed E-state index contributed by atoms with van der Waals surface area (Å²) in [4.78, 5) is 7.79. The van der Waals surface area contributed by atoms with E-state index in [1.165, 1.54) is 6.20 Å². The van der Waals surface area contributed by atoms with Gasteiger partial charge >= 0.3 is 0 Å². The van der Waals surface area contributed by atoms with Gasteiger partial charge in [-0.3, -0.25) is 0 Å². The number of rotatable bonds is 5. The van der Waals surface area contributed by atoms with E-state index in [1.807, 2.05) is 24.3 Å². The van der Waals surface area contributed by atoms with E-state index in [4.69, 9.17) is 33.2 Å². The quantitative estimate of drug-likeness (QED) is 0.671. The lowest BCUT2D eigenvalue weighted by Crippen LogP contribution is -2.01. The minimum atomic E-state index is 0.0970. The van der Waals surface area contributed by atoms with Gasteiger partial charge in [-0.15, -0.1) is 0 Å². The van der Waals surface area contributed by atoms with Crippen molar-refractivity contribution in [2.45, 2.75) is 6.42 Å². The second kappa shape index (κ2) is 6.94. The van der Waals surface area contributed by atoms with Gasteiger partial charge in [-0.05, 0) is 23.7 Å². The molecule has 0 radical (unpaired) electrons. The van der Waals surface area contributed by atoms with Crippen molar-refractivity contribution in [2.24, 2.45) is 0 Å². The van der Waals surface area contributed by atoms with Crippen LogP contribution in [0.1, 0.15) is 6.42 Å². The standard InChI is InChI=1S/C13H10Cl2N4O/c14-9-8-17-13(15)19-12(9)18-10-4-1-2-5-11(10)20-7-3-6-16/h1-2,4-5,8H,3,7H2,(H,17,18,19). The first kappa shape index (κ1) is 14.4. The van der Waals surface area contributed by atoms with E-state index in [-0.39, 0.29) is 5.28 Å². The zero-order valence-electron chi connectivity index (χ0n) is 10.3. The number of nitriles is 1. The van der Waals surface area contributed by atoms with E-state index in [0.29, 0.717) is 35.3 Å². The molecule has 0 saturated heterocycles. The summed E-state index contributed by atoms with van der Waals surface area (Å²) in [5, 5.41) is 12.0. The lowest BCUT2D eigenvalue weighted by atomic mass is 10.3. The van der Waals surface area contributed by atoms with Crippen LogP contribution in [0.25, 0.3) is 0 Å². The predicted molar refractivity (Wildman–Crippen MR) is 77.5 cm³/mol. The molecular weight excluding hydrogens is 299 g/mol. The molecule has 102 valence electrons. The number of para-hydroxylation sites is 2. The van der Waals surface area contributed by atoms with Crippen LogP contribution in [0.3, 0.4) is 0 Å². The SMILES string of the molecule is N#CCCOc1ccccc1Nc1nc(Cl)ncc1Cl. The number of aromatic nitrogens is 2. The third kappa shape index (κ3) is 3.73. The molecule has 0 aliphatic carbocycles. The summed E-state index contributed by atoms with van der Waals surface area (Å²) in [5.41, 5.74) is 0.683. The Morgan fingerprint density at radius 3 is 2.90 bits per heavy atom. The van der Waals surface area contributed by atoms with Crippen LogP contribution in [0.15, 0.2) is 30.5 Å². The Kier molecular flexibility index (Phi) is 4.99. The molecule has 1 heterocycles. The zero-order valence-corrected chi connectivity index (χ0v) is 11.8. The van der Waals surface area contributed by atoms with Gasteiger partial charge in [-0.2, -0.15) is 10.2 Å². The van der Waals surface area contributed by atoms with Crippen LogP contribution < -0.4 is 10.1 Å². The number of benzene rings is 1. The first-order valence-corrected chi connectivity index (χ1v) is 6.50. The number of hydrogen-bond donors (Lipinski definition) is 1. The highest BCUT2D eigenvalue weighted by atomic mass is 35.5. The van der Waals surface area contributed by atoms with Crippen LogP contribution in [-0.4, -0.2) is 16.6 Å². The second-order valence-corrected chi connectivity index (χ2v) is 4.46. The summed E-state index contributed by atoms with van der Waals surface area (Å²) >= 11 is 11.7. The molecule has 1 N–H and O–H groups in total. The molecule has 20 heavy (non-hydrogen) atoms. The van der Waals surface area contributed by atoms with Gasteiger partial charge < -0.3 is 10.1 Å². The summed E-state index contributed by atoms with van der Waals surface area (Å²) in [6, 6.07) is 9.30. The third-order valence-electron chi connectivity index (χ3n) is 2.33. The Morgan fingerprint density at radius 2 is 2.10 bits per heavy atom. The molecule has 2 rings (SSSR count). The molecule has 0 aliphatic rings. The molecule has 0 spiro atoms. The fourth-order valence-electron chi connectivity index (χ4n) is 1.46. The largest absolute Gasteiger partial charge is 0.490 e. The smallest absolute Gasteiger partial charge is 0.224 e. The molecular formula is C13H10Cl2N4O. The van der Waals surface area contributed by atoms with Crippen LogP contribution in [0.4, 0.5) is 11.5 Å². The highest BCUT2D eigenvalue weighted by molar-refractivity contribution is 6.33. The molecule has 1 aromatic heterocycles. The lowest BCUT2D eigenvalue weighted by Gasteiger charge is -2.12. The van der Waals surface area contributed by atoms with E-state index >= 15 is 0 Å². The molecule has 0 saturated carbocycles. The zero-order chi connectivity index (χ0) is 14.4. The van der Waals surface area contributed by atoms with E-state index < -0.39 is 0 Å². The maximum absolute atomic E-state index is 8.52. The van der Waals surface area contributed by atoms with Gasteiger partial charge in [0.1, 0.15) is 17.4 Å². The molecule has 7 heteroatoms. The van der Waals surface area contributed by atoms with E-state index in [1.54, 1.807) is 6.07 Å². The van der Waals surface area contributed by atoms with Crippen molar-refractivity contribution in [3.05, 3.63) is 40.8 Å². The van der Waals surface area contributed by atoms with Gasteiger partial charge in [-0.25, -0.2) is 4.98 Å². The van der Waals surface area contributed by atoms with Crippen LogP contribution in [0.5, 0.6) is 5.75 Å². The molecule has 0 atom stereocenters. The number of halogens is 2. The Morgan fingerprint density at radius 1 is 1.30 bits per heavy atom. The topological polar surface area (TPSA) is 70.8 Å². The number of ether oxygens (including phenoxy) is 1. The Hall–Kier alpha value is -2.03. The summed E-state index contributed by atoms with van der Waals surface area (Å²) < 4.78 is 5.52. The first-order chi connectivity index (χ1) is 9.70. The lowest BCUT2D eigenvalue weighted by molar-refractivity contribution is 0.328. The Labute approximate surface area is 126 Å². The fourth-order valence-corrected chi connectivity index (χ4v) is 1.73. The Bertz CT molecular complexity index is 643. The molecule has 0 amide bonds. The van der Waals surface area contributed by atoms with Gasteiger partial charge in [0.2, 0.25) is 5.28 Å². The van der Waals surface area contributed by atoms with Crippen LogP contribution >= 0.6 is 23.2 Å². The van der Waals surface area contributed by atoms with Crippen LogP contribution in [0.2, 0.25) is 10.3 Å². The maximum Gasteiger partial charge on any atom is 0.224 e. The highest BCUT2D eigenvalue weighted by Crippen LogP contribution is 2.30. The van der Waals surface area contributed by atoms with Gasteiger partial charge in [0, 0.05) is 0 Å². The molecule has 0 fully saturated rings. The molecule has 0 unspecified atom stereocenters. The van der Waals surface area contributed by atoms with Crippen molar-refractivity contribution >= 4 is 34.7 Å². The highest BCUT2D eigenvalue weighted by Gasteiger charge is 2.08. The average molecular weight is 309 g/mol. The van der Waals surface area contributed by atoms with Crippen molar-refractivity contribution in [1.29, 1.82) is 5.26 Å². The number of hydrogen-bond acceptors (Lipinski definition) is 5. The first-order valence-electron chi connectivity index (χ1n) is 5.74. The van der Waals surface area contributed by atoms with Gasteiger partial charge in [0.25, 0.3) is 0 Å². The maximum atomic E-state index is 8.52. The van der Waals surface area contributed by atoms with Crippen molar-refractivity contribution in [1.82, 2.24) is 9.97 Å². The second-order valence-electron chi connectivity index (χ2n) is 3.71. The van der Waals surface area contributed by atoms with E-state index in [9.17, 15) is 0 Å². The summed E-state index contributed by atoms with van der Waals surface area (Å²) in [7, 11) is 0. The minimum absolute atomic E-state index is 0.0970. The van der Waals surface area contributed by atoms with Gasteiger partial charge in [0.15, 0.2) is 5.82 Å².